The van der Waals surface area contributed by atoms with Crippen molar-refractivity contribution in [1.29, 1.82) is 0 Å². The first-order chi connectivity index (χ1) is 10.5. The van der Waals surface area contributed by atoms with Crippen molar-refractivity contribution in [3.8, 4) is 11.4 Å². The van der Waals surface area contributed by atoms with Crippen LogP contribution in [0.5, 0.6) is 5.75 Å². The molecule has 0 aliphatic rings. The molecule has 0 radical (unpaired) electrons. The van der Waals surface area contributed by atoms with Gasteiger partial charge in [0, 0.05) is 11.5 Å². The Hall–Kier alpha value is -2.21. The first kappa shape index (κ1) is 14.7. The van der Waals surface area contributed by atoms with Gasteiger partial charge in [0.25, 0.3) is 0 Å². The molecular formula is C15H14ClFN4O. The zero-order valence-corrected chi connectivity index (χ0v) is 13.1. The molecule has 0 aliphatic heterocycles. The fourth-order valence-corrected chi connectivity index (χ4v) is 2.62. The van der Waals surface area contributed by atoms with Gasteiger partial charge < -0.3 is 4.74 Å². The number of nitrogens with zero attached hydrogens (tertiary/aromatic N) is 4. The van der Waals surface area contributed by atoms with Crippen molar-refractivity contribution in [2.45, 2.75) is 20.8 Å². The Balaban J connectivity index is 2.21. The predicted octanol–water partition coefficient (Wildman–Crippen LogP) is 3.62. The van der Waals surface area contributed by atoms with Crippen LogP contribution in [0.25, 0.3) is 16.6 Å². The predicted molar refractivity (Wildman–Crippen MR) is 82.3 cm³/mol. The number of halogens is 2. The van der Waals surface area contributed by atoms with Crippen LogP contribution in [0.3, 0.4) is 0 Å². The second-order valence-electron chi connectivity index (χ2n) is 4.84. The molecule has 0 saturated carbocycles. The lowest BCUT2D eigenvalue weighted by Crippen LogP contribution is -2.02. The van der Waals surface area contributed by atoms with Crippen LogP contribution < -0.4 is 4.74 Å². The number of aryl methyl sites for hydroxylation is 2. The molecule has 0 unspecified atom stereocenters. The van der Waals surface area contributed by atoms with Crippen LogP contribution in [0.1, 0.15) is 18.3 Å². The second kappa shape index (κ2) is 5.53. The summed E-state index contributed by atoms with van der Waals surface area (Å²) in [5, 5.41) is 13.2. The summed E-state index contributed by atoms with van der Waals surface area (Å²) in [5.41, 5.74) is 2.30. The maximum Gasteiger partial charge on any atom is 0.179 e. The maximum atomic E-state index is 14.4. The summed E-state index contributed by atoms with van der Waals surface area (Å²) in [6, 6.07) is 4.68. The van der Waals surface area contributed by atoms with Crippen molar-refractivity contribution in [3.63, 3.8) is 0 Å². The fraction of sp³-hybridized carbons (Fsp3) is 0.267. The molecule has 0 fully saturated rings. The zero-order chi connectivity index (χ0) is 15.9. The lowest BCUT2D eigenvalue weighted by atomic mass is 10.2. The Labute approximate surface area is 131 Å². The largest absolute Gasteiger partial charge is 0.494 e. The van der Waals surface area contributed by atoms with Crippen LogP contribution in [0.4, 0.5) is 4.39 Å². The van der Waals surface area contributed by atoms with Gasteiger partial charge in [-0.1, -0.05) is 11.6 Å². The summed E-state index contributed by atoms with van der Waals surface area (Å²) in [4.78, 5) is 0. The quantitative estimate of drug-likeness (QED) is 0.739. The molecule has 3 aromatic rings. The number of benzene rings is 1. The molecule has 0 saturated heterocycles. The summed E-state index contributed by atoms with van der Waals surface area (Å²) >= 11 is 6.04. The lowest BCUT2D eigenvalue weighted by molar-refractivity contribution is 0.338. The molecular weight excluding hydrogens is 307 g/mol. The molecule has 0 N–H and O–H groups in total. The maximum absolute atomic E-state index is 14.4. The van der Waals surface area contributed by atoms with Gasteiger partial charge >= 0.3 is 0 Å². The minimum Gasteiger partial charge on any atom is -0.494 e. The number of hydrogen-bond donors (Lipinski definition) is 0. The van der Waals surface area contributed by atoms with Crippen LogP contribution >= 0.6 is 11.6 Å². The Morgan fingerprint density at radius 1 is 1.27 bits per heavy atom. The highest BCUT2D eigenvalue weighted by Crippen LogP contribution is 2.28. The van der Waals surface area contributed by atoms with E-state index < -0.39 is 5.82 Å². The van der Waals surface area contributed by atoms with Crippen molar-refractivity contribution in [2.75, 3.05) is 6.61 Å². The van der Waals surface area contributed by atoms with E-state index in [9.17, 15) is 4.39 Å². The van der Waals surface area contributed by atoms with E-state index in [1.165, 1.54) is 10.7 Å². The van der Waals surface area contributed by atoms with Gasteiger partial charge in [-0.3, -0.25) is 0 Å². The molecule has 0 bridgehead atoms. The average molecular weight is 321 g/mol. The van der Waals surface area contributed by atoms with Gasteiger partial charge in [-0.2, -0.15) is 10.2 Å². The highest BCUT2D eigenvalue weighted by atomic mass is 35.5. The minimum absolute atomic E-state index is 0.203. The Bertz CT molecular complexity index is 862. The smallest absolute Gasteiger partial charge is 0.179 e. The van der Waals surface area contributed by atoms with Crippen LogP contribution in [0.2, 0.25) is 5.15 Å². The van der Waals surface area contributed by atoms with Crippen LogP contribution in [-0.2, 0) is 0 Å². The van der Waals surface area contributed by atoms with E-state index in [4.69, 9.17) is 16.3 Å². The van der Waals surface area contributed by atoms with Gasteiger partial charge in [-0.05, 0) is 32.9 Å². The Kier molecular flexibility index (Phi) is 3.70. The second-order valence-corrected chi connectivity index (χ2v) is 5.20. The van der Waals surface area contributed by atoms with Crippen molar-refractivity contribution in [3.05, 3.63) is 40.6 Å². The molecule has 3 rings (SSSR count). The summed E-state index contributed by atoms with van der Waals surface area (Å²) in [6.07, 6.45) is 0. The van der Waals surface area contributed by atoms with Crippen LogP contribution in [0, 0.1) is 19.7 Å². The van der Waals surface area contributed by atoms with E-state index in [2.05, 4.69) is 15.3 Å². The molecule has 2 aromatic heterocycles. The summed E-state index contributed by atoms with van der Waals surface area (Å²) < 4.78 is 21.2. The van der Waals surface area contributed by atoms with E-state index in [-0.39, 0.29) is 5.15 Å². The zero-order valence-electron chi connectivity index (χ0n) is 12.4. The number of hydrogen-bond acceptors (Lipinski definition) is 4. The lowest BCUT2D eigenvalue weighted by Gasteiger charge is -2.08. The molecule has 1 aromatic carbocycles. The number of rotatable bonds is 3. The topological polar surface area (TPSA) is 52.8 Å². The van der Waals surface area contributed by atoms with Crippen molar-refractivity contribution in [2.24, 2.45) is 0 Å². The third-order valence-corrected chi connectivity index (χ3v) is 3.67. The van der Waals surface area contributed by atoms with E-state index in [1.54, 1.807) is 12.1 Å². The standard InChI is InChI=1S/C15H14ClFN4O/c1-4-22-10-5-6-12(11(17)7-10)21-9(3)13-8(2)18-19-15(16)14(13)20-21/h5-7H,4H2,1-3H3. The van der Waals surface area contributed by atoms with Gasteiger partial charge in [0.05, 0.1) is 18.0 Å². The van der Waals surface area contributed by atoms with Crippen molar-refractivity contribution < 1.29 is 9.13 Å². The van der Waals surface area contributed by atoms with Gasteiger partial charge in [-0.25, -0.2) is 9.07 Å². The number of aromatic nitrogens is 4. The van der Waals surface area contributed by atoms with E-state index in [0.29, 0.717) is 29.3 Å². The summed E-state index contributed by atoms with van der Waals surface area (Å²) in [6.45, 7) is 5.99. The molecule has 5 nitrogen and oxygen atoms in total. The molecule has 0 aliphatic carbocycles. The van der Waals surface area contributed by atoms with E-state index in [1.807, 2.05) is 20.8 Å². The van der Waals surface area contributed by atoms with Crippen molar-refractivity contribution in [1.82, 2.24) is 20.0 Å². The third kappa shape index (κ3) is 2.29. The van der Waals surface area contributed by atoms with Crippen LogP contribution in [0.15, 0.2) is 18.2 Å². The molecule has 0 spiro atoms. The number of ether oxygens (including phenoxy) is 1. The molecule has 114 valence electrons. The molecule has 7 heteroatoms. The fourth-order valence-electron chi connectivity index (χ4n) is 2.45. The number of fused-ring (bicyclic) bond motifs is 1. The first-order valence-corrected chi connectivity index (χ1v) is 7.21. The molecule has 0 atom stereocenters. The molecule has 22 heavy (non-hydrogen) atoms. The van der Waals surface area contributed by atoms with Gasteiger partial charge in [-0.15, -0.1) is 5.10 Å². The van der Waals surface area contributed by atoms with Crippen molar-refractivity contribution >= 4 is 22.5 Å². The molecule has 0 amide bonds. The minimum atomic E-state index is -0.420. The SMILES string of the molecule is CCOc1ccc(-n2nc3c(Cl)nnc(C)c3c2C)c(F)c1. The summed E-state index contributed by atoms with van der Waals surface area (Å²) in [7, 11) is 0. The first-order valence-electron chi connectivity index (χ1n) is 6.83. The summed E-state index contributed by atoms with van der Waals surface area (Å²) in [5.74, 6) is 0.0622. The third-order valence-electron chi connectivity index (χ3n) is 3.42. The van der Waals surface area contributed by atoms with Crippen LogP contribution in [-0.4, -0.2) is 26.6 Å². The Morgan fingerprint density at radius 3 is 2.68 bits per heavy atom. The normalized spacial score (nSPS) is 11.1. The average Bonchev–Trinajstić information content (AvgIpc) is 2.83. The van der Waals surface area contributed by atoms with E-state index >= 15 is 0 Å². The van der Waals surface area contributed by atoms with Gasteiger partial charge in [0.2, 0.25) is 0 Å². The monoisotopic (exact) mass is 320 g/mol. The Morgan fingerprint density at radius 2 is 2.05 bits per heavy atom. The highest BCUT2D eigenvalue weighted by Gasteiger charge is 2.17. The van der Waals surface area contributed by atoms with E-state index in [0.717, 1.165) is 11.1 Å². The van der Waals surface area contributed by atoms with Gasteiger partial charge in [0.15, 0.2) is 11.0 Å². The molecule has 2 heterocycles. The highest BCUT2D eigenvalue weighted by molar-refractivity contribution is 6.33. The van der Waals surface area contributed by atoms with Gasteiger partial charge in [0.1, 0.15) is 17.0 Å².